The molecule has 31 heavy (non-hydrogen) atoms. The summed E-state index contributed by atoms with van der Waals surface area (Å²) in [4.78, 5) is 47.4. The molecule has 3 N–H and O–H groups in total. The van der Waals surface area contributed by atoms with E-state index in [1.807, 2.05) is 5.32 Å². The number of nitrogens with one attached hydrogen (secondary N) is 2. The zero-order valence-corrected chi connectivity index (χ0v) is 16.2. The minimum atomic E-state index is -1.67. The topological polar surface area (TPSA) is 131 Å². The van der Waals surface area contributed by atoms with Gasteiger partial charge >= 0.3 is 17.8 Å². The third-order valence-electron chi connectivity index (χ3n) is 3.90. The molecule has 0 bridgehead atoms. The predicted octanol–water partition coefficient (Wildman–Crippen LogP) is 1.52. The number of ether oxygens (including phenoxy) is 2. The Bertz CT molecular complexity index is 960. The summed E-state index contributed by atoms with van der Waals surface area (Å²) in [5, 5.41) is 13.2. The molecule has 0 saturated heterocycles. The zero-order chi connectivity index (χ0) is 23.0. The zero-order valence-electron chi connectivity index (χ0n) is 16.2. The number of Topliss-reactive ketones (excluding diaryl/α,β-unsaturated/α-hetero) is 1. The standard InChI is InChI=1S/C20H18F2N2O7/c1-30-12-7-5-11(6-8-12)23-19(28)20(29)24-15(9-17(26)27)16(25)10-31-18-13(21)3-2-4-14(18)22/h2-8,15H,9-10H2,1H3,(H,23,28)(H,24,29)(H,26,27)/t15-/m0/s1. The van der Waals surface area contributed by atoms with Gasteiger partial charge in [-0.2, -0.15) is 0 Å². The van der Waals surface area contributed by atoms with Crippen LogP contribution in [0.5, 0.6) is 11.5 Å². The van der Waals surface area contributed by atoms with Crippen LogP contribution in [0.4, 0.5) is 14.5 Å². The molecule has 0 aliphatic rings. The number of rotatable bonds is 9. The second kappa shape index (κ2) is 10.7. The third kappa shape index (κ3) is 6.77. The Morgan fingerprint density at radius 2 is 1.61 bits per heavy atom. The summed E-state index contributed by atoms with van der Waals surface area (Å²) in [7, 11) is 1.45. The van der Waals surface area contributed by atoms with Crippen LogP contribution in [0.25, 0.3) is 0 Å². The van der Waals surface area contributed by atoms with Gasteiger partial charge in [-0.1, -0.05) is 6.07 Å². The first-order valence-corrected chi connectivity index (χ1v) is 8.78. The summed E-state index contributed by atoms with van der Waals surface area (Å²) in [5.41, 5.74) is 0.250. The van der Waals surface area contributed by atoms with E-state index >= 15 is 0 Å². The fourth-order valence-corrected chi connectivity index (χ4v) is 2.37. The molecule has 9 nitrogen and oxygen atoms in total. The van der Waals surface area contributed by atoms with Crippen LogP contribution in [-0.4, -0.2) is 48.4 Å². The van der Waals surface area contributed by atoms with Gasteiger partial charge in [0.2, 0.25) is 0 Å². The Morgan fingerprint density at radius 1 is 1.00 bits per heavy atom. The summed E-state index contributed by atoms with van der Waals surface area (Å²) in [6, 6.07) is 7.22. The molecule has 1 atom stereocenters. The maximum atomic E-state index is 13.6. The Morgan fingerprint density at radius 3 is 2.16 bits per heavy atom. The molecule has 0 fully saturated rings. The lowest BCUT2D eigenvalue weighted by atomic mass is 10.1. The average Bonchev–Trinajstić information content (AvgIpc) is 2.72. The number of benzene rings is 2. The number of carboxylic acid groups (broad SMARTS) is 1. The number of hydrogen-bond donors (Lipinski definition) is 3. The molecular formula is C20H18F2N2O7. The van der Waals surface area contributed by atoms with Gasteiger partial charge in [-0.05, 0) is 36.4 Å². The first kappa shape index (κ1) is 23.3. The number of hydrogen-bond acceptors (Lipinski definition) is 6. The molecule has 0 aliphatic heterocycles. The molecule has 2 aromatic rings. The molecule has 11 heteroatoms. The van der Waals surface area contributed by atoms with E-state index in [1.165, 1.54) is 31.4 Å². The summed E-state index contributed by atoms with van der Waals surface area (Å²) in [6.07, 6.45) is -0.872. The van der Waals surface area contributed by atoms with Gasteiger partial charge in [0.05, 0.1) is 13.5 Å². The van der Waals surface area contributed by atoms with Crippen molar-refractivity contribution < 1.29 is 42.5 Å². The molecular weight excluding hydrogens is 418 g/mol. The monoisotopic (exact) mass is 436 g/mol. The molecule has 2 aromatic carbocycles. The molecule has 0 aliphatic carbocycles. The number of ketones is 1. The number of methoxy groups -OCH3 is 1. The summed E-state index contributed by atoms with van der Waals surface area (Å²) in [5.74, 6) is -7.34. The van der Waals surface area contributed by atoms with Crippen LogP contribution in [0.15, 0.2) is 42.5 Å². The van der Waals surface area contributed by atoms with E-state index in [0.717, 1.165) is 18.2 Å². The maximum absolute atomic E-state index is 13.6. The van der Waals surface area contributed by atoms with E-state index in [-0.39, 0.29) is 5.69 Å². The highest BCUT2D eigenvalue weighted by Crippen LogP contribution is 2.21. The highest BCUT2D eigenvalue weighted by Gasteiger charge is 2.27. The fourth-order valence-electron chi connectivity index (χ4n) is 2.37. The number of carboxylic acids is 1. The number of carbonyl (C=O) groups is 4. The van der Waals surface area contributed by atoms with E-state index < -0.39 is 60.0 Å². The van der Waals surface area contributed by atoms with Crippen molar-refractivity contribution in [2.75, 3.05) is 19.0 Å². The van der Waals surface area contributed by atoms with Gasteiger partial charge in [-0.15, -0.1) is 0 Å². The second-order valence-corrected chi connectivity index (χ2v) is 6.11. The van der Waals surface area contributed by atoms with Crippen LogP contribution in [0.3, 0.4) is 0 Å². The number of halogens is 2. The second-order valence-electron chi connectivity index (χ2n) is 6.11. The lowest BCUT2D eigenvalue weighted by Crippen LogP contribution is -2.48. The number of anilines is 1. The first-order chi connectivity index (χ1) is 14.7. The van der Waals surface area contributed by atoms with E-state index in [1.54, 1.807) is 0 Å². The van der Waals surface area contributed by atoms with Crippen LogP contribution in [0.2, 0.25) is 0 Å². The largest absolute Gasteiger partial charge is 0.497 e. The lowest BCUT2D eigenvalue weighted by Gasteiger charge is -2.16. The van der Waals surface area contributed by atoms with Gasteiger partial charge in [-0.25, -0.2) is 8.78 Å². The van der Waals surface area contributed by atoms with Crippen LogP contribution in [-0.2, 0) is 19.2 Å². The summed E-state index contributed by atoms with van der Waals surface area (Å²) >= 11 is 0. The van der Waals surface area contributed by atoms with E-state index in [2.05, 4.69) is 5.32 Å². The van der Waals surface area contributed by atoms with Gasteiger partial charge < -0.3 is 25.2 Å². The van der Waals surface area contributed by atoms with Crippen molar-refractivity contribution in [3.63, 3.8) is 0 Å². The number of amides is 2. The van der Waals surface area contributed by atoms with Gasteiger partial charge in [0.1, 0.15) is 18.4 Å². The molecule has 0 heterocycles. The molecule has 0 saturated carbocycles. The minimum Gasteiger partial charge on any atom is -0.497 e. The molecule has 0 radical (unpaired) electrons. The smallest absolute Gasteiger partial charge is 0.313 e. The van der Waals surface area contributed by atoms with E-state index in [4.69, 9.17) is 14.6 Å². The van der Waals surface area contributed by atoms with Crippen molar-refractivity contribution in [1.29, 1.82) is 0 Å². The van der Waals surface area contributed by atoms with Crippen LogP contribution < -0.4 is 20.1 Å². The molecule has 2 amide bonds. The third-order valence-corrected chi connectivity index (χ3v) is 3.90. The Labute approximate surface area is 175 Å². The van der Waals surface area contributed by atoms with E-state index in [0.29, 0.717) is 5.75 Å². The molecule has 2 rings (SSSR count). The SMILES string of the molecule is COc1ccc(NC(=O)C(=O)N[C@@H](CC(=O)O)C(=O)COc2c(F)cccc2F)cc1. The van der Waals surface area contributed by atoms with Gasteiger partial charge in [0.15, 0.2) is 23.2 Å². The lowest BCUT2D eigenvalue weighted by molar-refractivity contribution is -0.142. The Balaban J connectivity index is 2.01. The maximum Gasteiger partial charge on any atom is 0.313 e. The summed E-state index contributed by atoms with van der Waals surface area (Å²) in [6.45, 7) is -0.934. The van der Waals surface area contributed by atoms with E-state index in [9.17, 15) is 28.0 Å². The quantitative estimate of drug-likeness (QED) is 0.508. The van der Waals surface area contributed by atoms with Crippen LogP contribution in [0, 0.1) is 11.6 Å². The molecule has 0 spiro atoms. The van der Waals surface area contributed by atoms with Crippen molar-refractivity contribution in [2.24, 2.45) is 0 Å². The van der Waals surface area contributed by atoms with Gasteiger partial charge in [0, 0.05) is 5.69 Å². The van der Waals surface area contributed by atoms with Crippen molar-refractivity contribution >= 4 is 29.3 Å². The van der Waals surface area contributed by atoms with Crippen molar-refractivity contribution in [3.8, 4) is 11.5 Å². The Hall–Kier alpha value is -4.02. The van der Waals surface area contributed by atoms with Gasteiger partial charge in [-0.3, -0.25) is 19.2 Å². The number of para-hydroxylation sites is 1. The fraction of sp³-hybridized carbons (Fsp3) is 0.200. The highest BCUT2D eigenvalue weighted by atomic mass is 19.1. The summed E-state index contributed by atoms with van der Waals surface area (Å²) < 4.78 is 36.9. The Kier molecular flexibility index (Phi) is 8.01. The number of aliphatic carboxylic acids is 1. The first-order valence-electron chi connectivity index (χ1n) is 8.78. The van der Waals surface area contributed by atoms with Crippen LogP contribution in [0.1, 0.15) is 6.42 Å². The van der Waals surface area contributed by atoms with Crippen LogP contribution >= 0.6 is 0 Å². The predicted molar refractivity (Wildman–Crippen MR) is 103 cm³/mol. The normalized spacial score (nSPS) is 11.2. The van der Waals surface area contributed by atoms with Crippen molar-refractivity contribution in [1.82, 2.24) is 5.32 Å². The average molecular weight is 436 g/mol. The van der Waals surface area contributed by atoms with Gasteiger partial charge in [0.25, 0.3) is 0 Å². The molecule has 164 valence electrons. The molecule has 0 unspecified atom stereocenters. The van der Waals surface area contributed by atoms with Crippen molar-refractivity contribution in [2.45, 2.75) is 12.5 Å². The molecule has 0 aromatic heterocycles. The minimum absolute atomic E-state index is 0.250. The number of carbonyl (C=O) groups excluding carboxylic acids is 3. The highest BCUT2D eigenvalue weighted by molar-refractivity contribution is 6.40. The van der Waals surface area contributed by atoms with Crippen molar-refractivity contribution in [3.05, 3.63) is 54.1 Å².